The Balaban J connectivity index is 1.61. The normalized spacial score (nSPS) is 25.4. The van der Waals surface area contributed by atoms with E-state index in [9.17, 15) is 8.42 Å². The van der Waals surface area contributed by atoms with Crippen LogP contribution in [-0.4, -0.2) is 30.7 Å². The molecule has 0 spiro atoms. The van der Waals surface area contributed by atoms with Crippen molar-refractivity contribution >= 4 is 9.84 Å². The summed E-state index contributed by atoms with van der Waals surface area (Å²) in [5, 5.41) is 0. The van der Waals surface area contributed by atoms with Crippen LogP contribution in [0.15, 0.2) is 108 Å². The Kier molecular flexibility index (Phi) is 5.98. The third-order valence-electron chi connectivity index (χ3n) is 7.47. The van der Waals surface area contributed by atoms with Crippen LogP contribution in [0.1, 0.15) is 30.9 Å². The van der Waals surface area contributed by atoms with Gasteiger partial charge in [-0.15, -0.1) is 0 Å². The third-order valence-corrected chi connectivity index (χ3v) is 10.0. The summed E-state index contributed by atoms with van der Waals surface area (Å²) in [6.07, 6.45) is 4.63. The van der Waals surface area contributed by atoms with E-state index in [1.165, 1.54) is 16.7 Å². The molecule has 3 nitrogen and oxygen atoms in total. The second-order valence-corrected chi connectivity index (χ2v) is 11.9. The first-order chi connectivity index (χ1) is 16.0. The summed E-state index contributed by atoms with van der Waals surface area (Å²) in [5.41, 5.74) is 3.78. The molecule has 0 amide bonds. The molecule has 0 radical (unpaired) electrons. The number of sulfone groups is 1. The fourth-order valence-electron chi connectivity index (χ4n) is 5.79. The highest BCUT2D eigenvalue weighted by molar-refractivity contribution is 7.93. The monoisotopic (exact) mass is 457 g/mol. The van der Waals surface area contributed by atoms with E-state index in [-0.39, 0.29) is 12.0 Å². The second kappa shape index (κ2) is 8.92. The van der Waals surface area contributed by atoms with Gasteiger partial charge in [0.05, 0.1) is 9.64 Å². The van der Waals surface area contributed by atoms with Gasteiger partial charge in [0, 0.05) is 25.0 Å². The molecule has 1 saturated heterocycles. The number of allylic oxidation sites excluding steroid dienone is 1. The minimum absolute atomic E-state index is 0.0413. The van der Waals surface area contributed by atoms with E-state index in [0.717, 1.165) is 19.4 Å². The van der Waals surface area contributed by atoms with Crippen LogP contribution < -0.4 is 0 Å². The van der Waals surface area contributed by atoms with E-state index in [2.05, 4.69) is 66.4 Å². The first-order valence-electron chi connectivity index (χ1n) is 11.8. The van der Waals surface area contributed by atoms with Gasteiger partial charge in [-0.2, -0.15) is 0 Å². The molecule has 0 aromatic heterocycles. The average molecular weight is 458 g/mol. The van der Waals surface area contributed by atoms with Gasteiger partial charge in [0.15, 0.2) is 9.84 Å². The molecule has 4 heteroatoms. The topological polar surface area (TPSA) is 37.4 Å². The number of hydrogen-bond donors (Lipinski definition) is 0. The molecule has 3 atom stereocenters. The summed E-state index contributed by atoms with van der Waals surface area (Å²) in [5.74, 6) is -0.0413. The fourth-order valence-corrected chi connectivity index (χ4v) is 8.06. The molecule has 0 unspecified atom stereocenters. The number of fused-ring (bicyclic) bond motifs is 1. The summed E-state index contributed by atoms with van der Waals surface area (Å²) in [6.45, 7) is 3.47. The molecule has 1 heterocycles. The Morgan fingerprint density at radius 3 is 2.06 bits per heavy atom. The van der Waals surface area contributed by atoms with Crippen molar-refractivity contribution in [3.8, 4) is 0 Å². The van der Waals surface area contributed by atoms with E-state index in [4.69, 9.17) is 0 Å². The number of likely N-dealkylation sites (tertiary alicyclic amines) is 1. The van der Waals surface area contributed by atoms with E-state index in [0.29, 0.717) is 17.9 Å². The minimum atomic E-state index is -3.52. The van der Waals surface area contributed by atoms with Gasteiger partial charge in [-0.25, -0.2) is 8.42 Å². The lowest BCUT2D eigenvalue weighted by Gasteiger charge is -2.38. The zero-order chi connectivity index (χ0) is 22.9. The minimum Gasteiger partial charge on any atom is -0.294 e. The molecule has 0 bridgehead atoms. The van der Waals surface area contributed by atoms with Crippen LogP contribution in [0.4, 0.5) is 0 Å². The molecule has 170 valence electrons. The van der Waals surface area contributed by atoms with E-state index in [1.807, 2.05) is 30.3 Å². The molecule has 0 N–H and O–H groups in total. The van der Waals surface area contributed by atoms with E-state index in [1.54, 1.807) is 12.1 Å². The Morgan fingerprint density at radius 1 is 0.848 bits per heavy atom. The van der Waals surface area contributed by atoms with Gasteiger partial charge in [0.2, 0.25) is 0 Å². The SMILES string of the molecule is CC1=C[C@@H]2[C@@H](Cc3ccccc3)N(Cc3ccccc3)C[C@]2(S(=O)(=O)c2ccccc2)CC1. The Hall–Kier alpha value is -2.69. The average Bonchev–Trinajstić information content (AvgIpc) is 3.15. The number of hydrogen-bond acceptors (Lipinski definition) is 3. The molecule has 1 aliphatic heterocycles. The summed E-state index contributed by atoms with van der Waals surface area (Å²) in [6, 6.07) is 30.1. The van der Waals surface area contributed by atoms with Crippen molar-refractivity contribution in [3.63, 3.8) is 0 Å². The van der Waals surface area contributed by atoms with Crippen LogP contribution in [0.5, 0.6) is 0 Å². The van der Waals surface area contributed by atoms with Crippen molar-refractivity contribution in [3.05, 3.63) is 114 Å². The number of benzene rings is 3. The van der Waals surface area contributed by atoms with E-state index < -0.39 is 14.6 Å². The molecular weight excluding hydrogens is 426 g/mol. The molecule has 0 saturated carbocycles. The summed E-state index contributed by atoms with van der Waals surface area (Å²) >= 11 is 0. The first-order valence-corrected chi connectivity index (χ1v) is 13.3. The highest BCUT2D eigenvalue weighted by Gasteiger charge is 2.59. The maximum atomic E-state index is 14.2. The molecule has 1 aliphatic carbocycles. The highest BCUT2D eigenvalue weighted by atomic mass is 32.2. The van der Waals surface area contributed by atoms with Crippen molar-refractivity contribution < 1.29 is 8.42 Å². The summed E-state index contributed by atoms with van der Waals surface area (Å²) in [4.78, 5) is 2.88. The number of rotatable bonds is 6. The van der Waals surface area contributed by atoms with Gasteiger partial charge in [0.25, 0.3) is 0 Å². The smallest absolute Gasteiger partial charge is 0.185 e. The predicted molar refractivity (Wildman–Crippen MR) is 134 cm³/mol. The van der Waals surface area contributed by atoms with Crippen LogP contribution in [0.2, 0.25) is 0 Å². The van der Waals surface area contributed by atoms with Crippen LogP contribution >= 0.6 is 0 Å². The summed E-state index contributed by atoms with van der Waals surface area (Å²) in [7, 11) is -3.52. The quantitative estimate of drug-likeness (QED) is 0.447. The van der Waals surface area contributed by atoms with Crippen LogP contribution in [0, 0.1) is 5.92 Å². The molecule has 5 rings (SSSR count). The molecule has 3 aromatic rings. The summed E-state index contributed by atoms with van der Waals surface area (Å²) < 4.78 is 27.7. The highest BCUT2D eigenvalue weighted by Crippen LogP contribution is 2.50. The largest absolute Gasteiger partial charge is 0.294 e. The molecule has 2 aliphatic rings. The standard InChI is InChI=1S/C29H31NO2S/c1-23-17-18-29(33(31,32)26-15-9-4-10-16-26)22-30(21-25-13-7-3-8-14-25)28(27(29)19-23)20-24-11-5-2-6-12-24/h2-16,19,27-28H,17-18,20-22H2,1H3/t27-,28-,29-/m1/s1. The number of nitrogens with zero attached hydrogens (tertiary/aromatic N) is 1. The Morgan fingerprint density at radius 2 is 1.42 bits per heavy atom. The zero-order valence-electron chi connectivity index (χ0n) is 19.1. The van der Waals surface area contributed by atoms with Gasteiger partial charge in [-0.05, 0) is 49.4 Å². The lowest BCUT2D eigenvalue weighted by Crippen LogP contribution is -2.48. The molecular formula is C29H31NO2S. The van der Waals surface area contributed by atoms with Gasteiger partial charge in [-0.3, -0.25) is 4.90 Å². The molecule has 3 aromatic carbocycles. The van der Waals surface area contributed by atoms with Gasteiger partial charge in [-0.1, -0.05) is 90.5 Å². The third kappa shape index (κ3) is 4.07. The second-order valence-electron chi connectivity index (χ2n) is 9.57. The van der Waals surface area contributed by atoms with Crippen molar-refractivity contribution in [1.82, 2.24) is 4.90 Å². The molecule has 33 heavy (non-hydrogen) atoms. The van der Waals surface area contributed by atoms with Crippen LogP contribution in [0.25, 0.3) is 0 Å². The van der Waals surface area contributed by atoms with Gasteiger partial charge in [0.1, 0.15) is 0 Å². The first kappa shape index (κ1) is 22.1. The predicted octanol–water partition coefficient (Wildman–Crippen LogP) is 5.68. The Bertz CT molecular complexity index is 1220. The maximum absolute atomic E-state index is 14.2. The van der Waals surface area contributed by atoms with Crippen molar-refractivity contribution in [2.45, 2.75) is 48.4 Å². The van der Waals surface area contributed by atoms with Crippen LogP contribution in [0.3, 0.4) is 0 Å². The molecule has 1 fully saturated rings. The zero-order valence-corrected chi connectivity index (χ0v) is 19.9. The lowest BCUT2D eigenvalue weighted by molar-refractivity contribution is 0.228. The Labute approximate surface area is 197 Å². The lowest BCUT2D eigenvalue weighted by atomic mass is 9.78. The van der Waals surface area contributed by atoms with Gasteiger partial charge >= 0.3 is 0 Å². The van der Waals surface area contributed by atoms with Gasteiger partial charge < -0.3 is 0 Å². The maximum Gasteiger partial charge on any atom is 0.185 e. The van der Waals surface area contributed by atoms with Crippen LogP contribution in [-0.2, 0) is 22.8 Å². The van der Waals surface area contributed by atoms with Crippen molar-refractivity contribution in [1.29, 1.82) is 0 Å². The van der Waals surface area contributed by atoms with E-state index >= 15 is 0 Å². The van der Waals surface area contributed by atoms with Crippen molar-refractivity contribution in [2.75, 3.05) is 6.54 Å². The van der Waals surface area contributed by atoms with Crippen molar-refractivity contribution in [2.24, 2.45) is 5.92 Å². The fraction of sp³-hybridized carbons (Fsp3) is 0.310.